The third-order valence-corrected chi connectivity index (χ3v) is 2.53. The number of nitro groups is 1. The van der Waals surface area contributed by atoms with E-state index >= 15 is 0 Å². The molecule has 1 rings (SSSR count). The number of rotatable bonds is 5. The molecule has 20 heavy (non-hydrogen) atoms. The minimum atomic E-state index is -0.660. The molecule has 1 aromatic carbocycles. The zero-order valence-corrected chi connectivity index (χ0v) is 11.4. The van der Waals surface area contributed by atoms with Gasteiger partial charge in [-0.1, -0.05) is 18.4 Å². The Kier molecular flexibility index (Phi) is 5.63. The number of benzene rings is 1. The SMILES string of the molecule is C=C(C(C)=O)C(C#Cc1ccc([N+](=O)[O-])cc1)OCC. The van der Waals surface area contributed by atoms with Crippen molar-refractivity contribution in [1.82, 2.24) is 0 Å². The van der Waals surface area contributed by atoms with Crippen molar-refractivity contribution in [3.05, 3.63) is 52.1 Å². The van der Waals surface area contributed by atoms with Gasteiger partial charge in [-0.25, -0.2) is 0 Å². The molecule has 0 aliphatic carbocycles. The normalized spacial score (nSPS) is 11.1. The van der Waals surface area contributed by atoms with E-state index in [2.05, 4.69) is 18.4 Å². The molecule has 5 nitrogen and oxygen atoms in total. The van der Waals surface area contributed by atoms with E-state index in [0.29, 0.717) is 17.7 Å². The fourth-order valence-corrected chi connectivity index (χ4v) is 1.40. The summed E-state index contributed by atoms with van der Waals surface area (Å²) in [6, 6.07) is 5.84. The highest BCUT2D eigenvalue weighted by molar-refractivity contribution is 5.94. The van der Waals surface area contributed by atoms with E-state index in [1.165, 1.54) is 19.1 Å². The molecule has 0 N–H and O–H groups in total. The molecule has 0 radical (unpaired) electrons. The highest BCUT2D eigenvalue weighted by Gasteiger charge is 2.13. The molecule has 0 aliphatic rings. The van der Waals surface area contributed by atoms with Crippen LogP contribution in [0.2, 0.25) is 0 Å². The topological polar surface area (TPSA) is 69.4 Å². The molecule has 0 aromatic heterocycles. The van der Waals surface area contributed by atoms with Crippen LogP contribution in [0.3, 0.4) is 0 Å². The number of hydrogen-bond donors (Lipinski definition) is 0. The van der Waals surface area contributed by atoms with Crippen LogP contribution in [0.1, 0.15) is 19.4 Å². The van der Waals surface area contributed by atoms with Crippen molar-refractivity contribution in [2.45, 2.75) is 20.0 Å². The minimum Gasteiger partial charge on any atom is -0.361 e. The Hall–Kier alpha value is -2.45. The molecule has 104 valence electrons. The van der Waals surface area contributed by atoms with Crippen molar-refractivity contribution in [3.8, 4) is 11.8 Å². The Morgan fingerprint density at radius 2 is 2.05 bits per heavy atom. The summed E-state index contributed by atoms with van der Waals surface area (Å²) in [7, 11) is 0. The average Bonchev–Trinajstić information content (AvgIpc) is 2.43. The van der Waals surface area contributed by atoms with Gasteiger partial charge >= 0.3 is 0 Å². The largest absolute Gasteiger partial charge is 0.361 e. The third kappa shape index (κ3) is 4.34. The van der Waals surface area contributed by atoms with Crippen molar-refractivity contribution in [2.24, 2.45) is 0 Å². The van der Waals surface area contributed by atoms with Gasteiger partial charge in [0.2, 0.25) is 0 Å². The van der Waals surface area contributed by atoms with Crippen LogP contribution in [0.25, 0.3) is 0 Å². The molecule has 0 saturated heterocycles. The van der Waals surface area contributed by atoms with Crippen LogP contribution in [-0.4, -0.2) is 23.4 Å². The second kappa shape index (κ2) is 7.22. The summed E-state index contributed by atoms with van der Waals surface area (Å²) in [5, 5.41) is 10.5. The lowest BCUT2D eigenvalue weighted by Gasteiger charge is -2.10. The van der Waals surface area contributed by atoms with Crippen molar-refractivity contribution < 1.29 is 14.5 Å². The summed E-state index contributed by atoms with van der Waals surface area (Å²) in [5.41, 5.74) is 0.906. The van der Waals surface area contributed by atoms with Gasteiger partial charge in [0.05, 0.1) is 4.92 Å². The summed E-state index contributed by atoms with van der Waals surface area (Å²) >= 11 is 0. The Balaban J connectivity index is 2.91. The number of non-ortho nitro benzene ring substituents is 1. The van der Waals surface area contributed by atoms with Crippen LogP contribution in [0.5, 0.6) is 0 Å². The van der Waals surface area contributed by atoms with Crippen LogP contribution in [-0.2, 0) is 9.53 Å². The van der Waals surface area contributed by atoms with E-state index in [-0.39, 0.29) is 11.5 Å². The summed E-state index contributed by atoms with van der Waals surface area (Å²) in [6.07, 6.45) is -0.660. The lowest BCUT2D eigenvalue weighted by atomic mass is 10.1. The zero-order valence-electron chi connectivity index (χ0n) is 11.4. The van der Waals surface area contributed by atoms with Crippen LogP contribution < -0.4 is 0 Å². The Labute approximate surface area is 117 Å². The highest BCUT2D eigenvalue weighted by Crippen LogP contribution is 2.11. The molecule has 0 spiro atoms. The minimum absolute atomic E-state index is 0.00468. The number of hydrogen-bond acceptors (Lipinski definition) is 4. The first kappa shape index (κ1) is 15.6. The van der Waals surface area contributed by atoms with Crippen molar-refractivity contribution in [2.75, 3.05) is 6.61 Å². The summed E-state index contributed by atoms with van der Waals surface area (Å²) < 4.78 is 5.35. The van der Waals surface area contributed by atoms with Gasteiger partial charge in [0.1, 0.15) is 6.10 Å². The number of nitro benzene ring substituents is 1. The van der Waals surface area contributed by atoms with E-state index < -0.39 is 11.0 Å². The standard InChI is InChI=1S/C15H15NO4/c1-4-20-15(11(2)12(3)17)10-7-13-5-8-14(9-6-13)16(18)19/h5-6,8-9,15H,2,4H2,1,3H3. The first-order valence-electron chi connectivity index (χ1n) is 6.03. The summed E-state index contributed by atoms with van der Waals surface area (Å²) in [4.78, 5) is 21.3. The number of carbonyl (C=O) groups is 1. The Bertz CT molecular complexity index is 578. The number of nitrogens with zero attached hydrogens (tertiary/aromatic N) is 1. The Morgan fingerprint density at radius 3 is 2.50 bits per heavy atom. The quantitative estimate of drug-likeness (QED) is 0.358. The second-order valence-corrected chi connectivity index (χ2v) is 3.99. The molecule has 0 aliphatic heterocycles. The fraction of sp³-hybridized carbons (Fsp3) is 0.267. The van der Waals surface area contributed by atoms with Gasteiger partial charge in [0.25, 0.3) is 5.69 Å². The van der Waals surface area contributed by atoms with Gasteiger partial charge in [0, 0.05) is 29.9 Å². The molecule has 5 heteroatoms. The molecular formula is C15H15NO4. The summed E-state index contributed by atoms with van der Waals surface area (Å²) in [5.74, 6) is 5.45. The van der Waals surface area contributed by atoms with Gasteiger partial charge in [-0.3, -0.25) is 14.9 Å². The zero-order chi connectivity index (χ0) is 15.1. The molecule has 0 bridgehead atoms. The number of ketones is 1. The number of Topliss-reactive ketones (excluding diaryl/α,β-unsaturated/α-hetero) is 1. The molecule has 1 unspecified atom stereocenters. The number of ether oxygens (including phenoxy) is 1. The maximum Gasteiger partial charge on any atom is 0.269 e. The molecular weight excluding hydrogens is 258 g/mol. The lowest BCUT2D eigenvalue weighted by Crippen LogP contribution is -2.17. The lowest BCUT2D eigenvalue weighted by molar-refractivity contribution is -0.384. The van der Waals surface area contributed by atoms with E-state index in [4.69, 9.17) is 4.74 Å². The van der Waals surface area contributed by atoms with Gasteiger partial charge in [0.15, 0.2) is 5.78 Å². The highest BCUT2D eigenvalue weighted by atomic mass is 16.6. The van der Waals surface area contributed by atoms with E-state index in [1.807, 2.05) is 0 Å². The van der Waals surface area contributed by atoms with Crippen molar-refractivity contribution in [3.63, 3.8) is 0 Å². The monoisotopic (exact) mass is 273 g/mol. The van der Waals surface area contributed by atoms with Gasteiger partial charge in [-0.2, -0.15) is 0 Å². The molecule has 1 atom stereocenters. The van der Waals surface area contributed by atoms with Crippen molar-refractivity contribution >= 4 is 11.5 Å². The smallest absolute Gasteiger partial charge is 0.269 e. The van der Waals surface area contributed by atoms with Gasteiger partial charge in [-0.05, 0) is 26.0 Å². The first-order valence-corrected chi connectivity index (χ1v) is 6.03. The maximum absolute atomic E-state index is 11.3. The first-order chi connectivity index (χ1) is 9.45. The maximum atomic E-state index is 11.3. The van der Waals surface area contributed by atoms with Crippen LogP contribution in [0.15, 0.2) is 36.4 Å². The predicted molar refractivity (Wildman–Crippen MR) is 75.2 cm³/mol. The van der Waals surface area contributed by atoms with E-state index in [0.717, 1.165) is 0 Å². The molecule has 0 saturated carbocycles. The molecule has 1 aromatic rings. The molecule has 0 fully saturated rings. The fourth-order valence-electron chi connectivity index (χ4n) is 1.40. The van der Waals surface area contributed by atoms with Gasteiger partial charge in [-0.15, -0.1) is 0 Å². The van der Waals surface area contributed by atoms with E-state index in [9.17, 15) is 14.9 Å². The van der Waals surface area contributed by atoms with Crippen LogP contribution >= 0.6 is 0 Å². The third-order valence-electron chi connectivity index (χ3n) is 2.53. The molecule has 0 amide bonds. The molecule has 0 heterocycles. The van der Waals surface area contributed by atoms with E-state index in [1.54, 1.807) is 19.1 Å². The number of carbonyl (C=O) groups excluding carboxylic acids is 1. The predicted octanol–water partition coefficient (Wildman–Crippen LogP) is 2.50. The van der Waals surface area contributed by atoms with Crippen LogP contribution in [0, 0.1) is 22.0 Å². The van der Waals surface area contributed by atoms with Crippen molar-refractivity contribution in [1.29, 1.82) is 0 Å². The van der Waals surface area contributed by atoms with Gasteiger partial charge < -0.3 is 4.74 Å². The second-order valence-electron chi connectivity index (χ2n) is 3.99. The summed E-state index contributed by atoms with van der Waals surface area (Å²) in [6.45, 7) is 7.27. The Morgan fingerprint density at radius 1 is 1.45 bits per heavy atom. The average molecular weight is 273 g/mol. The van der Waals surface area contributed by atoms with Crippen LogP contribution in [0.4, 0.5) is 5.69 Å².